The number of nitrogens with zero attached hydrogens (tertiary/aromatic N) is 3. The molecule has 4 nitrogen and oxygen atoms in total. The van der Waals surface area contributed by atoms with E-state index in [0.29, 0.717) is 0 Å². The summed E-state index contributed by atoms with van der Waals surface area (Å²) >= 11 is 0. The van der Waals surface area contributed by atoms with Gasteiger partial charge in [0.05, 0.1) is 6.20 Å². The van der Waals surface area contributed by atoms with Crippen LogP contribution in [0.2, 0.25) is 0 Å². The van der Waals surface area contributed by atoms with Gasteiger partial charge in [-0.2, -0.15) is 5.10 Å². The van der Waals surface area contributed by atoms with Gasteiger partial charge in [-0.1, -0.05) is 19.1 Å². The van der Waals surface area contributed by atoms with E-state index in [0.717, 1.165) is 17.9 Å². The highest BCUT2D eigenvalue weighted by molar-refractivity contribution is 5.39. The summed E-state index contributed by atoms with van der Waals surface area (Å²) in [5.41, 5.74) is 7.65. The molecule has 1 heterocycles. The average Bonchev–Trinajstić information content (AvgIpc) is 2.33. The van der Waals surface area contributed by atoms with Gasteiger partial charge in [0.2, 0.25) is 0 Å². The molecule has 0 aliphatic rings. The van der Waals surface area contributed by atoms with E-state index in [-0.39, 0.29) is 5.92 Å². The summed E-state index contributed by atoms with van der Waals surface area (Å²) in [6, 6.07) is 7.88. The molecule has 2 aromatic rings. The van der Waals surface area contributed by atoms with E-state index in [1.807, 2.05) is 24.3 Å². The minimum absolute atomic E-state index is 0.261. The lowest BCUT2D eigenvalue weighted by Gasteiger charge is -2.08. The predicted octanol–water partition coefficient (Wildman–Crippen LogP) is 1.80. The van der Waals surface area contributed by atoms with Crippen molar-refractivity contribution in [2.24, 2.45) is 0 Å². The summed E-state index contributed by atoms with van der Waals surface area (Å²) in [7, 11) is 0. The molecule has 16 heavy (non-hydrogen) atoms. The zero-order valence-corrected chi connectivity index (χ0v) is 9.17. The Morgan fingerprint density at radius 1 is 1.19 bits per heavy atom. The quantitative estimate of drug-likeness (QED) is 0.791. The maximum Gasteiger partial charge on any atom is 0.153 e. The van der Waals surface area contributed by atoms with Crippen LogP contribution in [0.25, 0.3) is 0 Å². The van der Waals surface area contributed by atoms with Crippen LogP contribution in [0.15, 0.2) is 36.7 Å². The van der Waals surface area contributed by atoms with Crippen LogP contribution >= 0.6 is 0 Å². The van der Waals surface area contributed by atoms with Crippen LogP contribution < -0.4 is 5.73 Å². The molecule has 0 aliphatic heterocycles. The van der Waals surface area contributed by atoms with Gasteiger partial charge in [0.1, 0.15) is 0 Å². The maximum absolute atomic E-state index is 5.63. The molecule has 4 heteroatoms. The summed E-state index contributed by atoms with van der Waals surface area (Å²) in [4.78, 5) is 4.19. The largest absolute Gasteiger partial charge is 0.399 e. The van der Waals surface area contributed by atoms with Crippen molar-refractivity contribution in [2.45, 2.75) is 19.3 Å². The lowest BCUT2D eigenvalue weighted by molar-refractivity contribution is 0.674. The van der Waals surface area contributed by atoms with Gasteiger partial charge in [0, 0.05) is 17.8 Å². The molecule has 2 rings (SSSR count). The van der Waals surface area contributed by atoms with Crippen LogP contribution in [-0.2, 0) is 6.42 Å². The van der Waals surface area contributed by atoms with E-state index in [2.05, 4.69) is 22.1 Å². The highest BCUT2D eigenvalue weighted by Gasteiger charge is 2.09. The van der Waals surface area contributed by atoms with Gasteiger partial charge in [-0.25, -0.2) is 4.98 Å². The lowest BCUT2D eigenvalue weighted by Crippen LogP contribution is -2.04. The third kappa shape index (κ3) is 2.53. The summed E-state index contributed by atoms with van der Waals surface area (Å²) < 4.78 is 0. The van der Waals surface area contributed by atoms with E-state index < -0.39 is 0 Å². The number of benzene rings is 1. The van der Waals surface area contributed by atoms with E-state index in [9.17, 15) is 0 Å². The number of hydrogen-bond donors (Lipinski definition) is 1. The molecule has 2 N–H and O–H groups in total. The molecule has 0 fully saturated rings. The second-order valence-corrected chi connectivity index (χ2v) is 3.85. The average molecular weight is 214 g/mol. The fourth-order valence-corrected chi connectivity index (χ4v) is 1.58. The topological polar surface area (TPSA) is 64.7 Å². The van der Waals surface area contributed by atoms with Crippen LogP contribution in [0, 0.1) is 0 Å². The minimum atomic E-state index is 0.261. The van der Waals surface area contributed by atoms with Crippen molar-refractivity contribution in [3.8, 4) is 0 Å². The van der Waals surface area contributed by atoms with Gasteiger partial charge in [-0.3, -0.25) is 0 Å². The highest BCUT2D eigenvalue weighted by Crippen LogP contribution is 2.16. The Balaban J connectivity index is 2.08. The zero-order valence-electron chi connectivity index (χ0n) is 9.17. The Morgan fingerprint density at radius 3 is 2.56 bits per heavy atom. The predicted molar refractivity (Wildman–Crippen MR) is 62.8 cm³/mol. The fraction of sp³-hybridized carbons (Fsp3) is 0.250. The van der Waals surface area contributed by atoms with Crippen molar-refractivity contribution in [3.63, 3.8) is 0 Å². The number of nitrogen functional groups attached to an aromatic ring is 1. The zero-order chi connectivity index (χ0) is 11.4. The fourth-order valence-electron chi connectivity index (χ4n) is 1.58. The second-order valence-electron chi connectivity index (χ2n) is 3.85. The maximum atomic E-state index is 5.63. The third-order valence-corrected chi connectivity index (χ3v) is 2.46. The van der Waals surface area contributed by atoms with Crippen molar-refractivity contribution in [1.82, 2.24) is 15.2 Å². The van der Waals surface area contributed by atoms with Gasteiger partial charge >= 0.3 is 0 Å². The van der Waals surface area contributed by atoms with Gasteiger partial charge in [0.25, 0.3) is 0 Å². The molecule has 0 spiro atoms. The van der Waals surface area contributed by atoms with Crippen LogP contribution in [-0.4, -0.2) is 15.2 Å². The van der Waals surface area contributed by atoms with Crippen molar-refractivity contribution in [1.29, 1.82) is 0 Å². The van der Waals surface area contributed by atoms with Crippen molar-refractivity contribution in [3.05, 3.63) is 48.0 Å². The van der Waals surface area contributed by atoms with Crippen molar-refractivity contribution >= 4 is 5.69 Å². The molecule has 0 aliphatic carbocycles. The van der Waals surface area contributed by atoms with Crippen LogP contribution in [0.3, 0.4) is 0 Å². The molecule has 0 amide bonds. The van der Waals surface area contributed by atoms with Crippen molar-refractivity contribution < 1.29 is 0 Å². The molecule has 0 saturated heterocycles. The van der Waals surface area contributed by atoms with E-state index in [1.54, 1.807) is 12.4 Å². The van der Waals surface area contributed by atoms with Gasteiger partial charge in [0.15, 0.2) is 5.82 Å². The molecule has 0 bridgehead atoms. The Morgan fingerprint density at radius 2 is 1.94 bits per heavy atom. The Hall–Kier alpha value is -1.97. The number of nitrogens with two attached hydrogens (primary N) is 1. The summed E-state index contributed by atoms with van der Waals surface area (Å²) in [6.07, 6.45) is 4.15. The van der Waals surface area contributed by atoms with Crippen LogP contribution in [0.1, 0.15) is 24.2 Å². The molecule has 1 aromatic carbocycles. The van der Waals surface area contributed by atoms with Crippen LogP contribution in [0.4, 0.5) is 5.69 Å². The van der Waals surface area contributed by atoms with Crippen molar-refractivity contribution in [2.75, 3.05) is 5.73 Å². The molecule has 1 aromatic heterocycles. The van der Waals surface area contributed by atoms with E-state index >= 15 is 0 Å². The number of anilines is 1. The first-order valence-electron chi connectivity index (χ1n) is 5.23. The summed E-state index contributed by atoms with van der Waals surface area (Å²) in [5, 5.41) is 7.84. The van der Waals surface area contributed by atoms with Gasteiger partial charge in [-0.05, 0) is 24.1 Å². The smallest absolute Gasteiger partial charge is 0.153 e. The SMILES string of the molecule is CC(Cc1ccc(N)cc1)c1nccnn1. The number of hydrogen-bond acceptors (Lipinski definition) is 4. The normalized spacial score (nSPS) is 12.3. The minimum Gasteiger partial charge on any atom is -0.399 e. The van der Waals surface area contributed by atoms with Gasteiger partial charge < -0.3 is 5.73 Å². The Bertz CT molecular complexity index is 438. The Kier molecular flexibility index (Phi) is 3.10. The number of rotatable bonds is 3. The summed E-state index contributed by atoms with van der Waals surface area (Å²) in [5.74, 6) is 1.04. The molecule has 0 radical (unpaired) electrons. The summed E-state index contributed by atoms with van der Waals surface area (Å²) in [6.45, 7) is 2.09. The third-order valence-electron chi connectivity index (χ3n) is 2.46. The van der Waals surface area contributed by atoms with Crippen LogP contribution in [0.5, 0.6) is 0 Å². The molecular formula is C12H14N4. The number of aromatic nitrogens is 3. The standard InChI is InChI=1S/C12H14N4/c1-9(12-14-6-7-15-16-12)8-10-2-4-11(13)5-3-10/h2-7,9H,8,13H2,1H3. The molecular weight excluding hydrogens is 200 g/mol. The van der Waals surface area contributed by atoms with Gasteiger partial charge in [-0.15, -0.1) is 5.10 Å². The first-order chi connectivity index (χ1) is 7.75. The second kappa shape index (κ2) is 4.70. The lowest BCUT2D eigenvalue weighted by atomic mass is 10.0. The highest BCUT2D eigenvalue weighted by atomic mass is 15.1. The first-order valence-corrected chi connectivity index (χ1v) is 5.23. The molecule has 0 saturated carbocycles. The van der Waals surface area contributed by atoms with E-state index in [1.165, 1.54) is 5.56 Å². The molecule has 82 valence electrons. The monoisotopic (exact) mass is 214 g/mol. The molecule has 1 atom stereocenters. The Labute approximate surface area is 94.6 Å². The first kappa shape index (κ1) is 10.5. The molecule has 1 unspecified atom stereocenters. The van der Waals surface area contributed by atoms with E-state index in [4.69, 9.17) is 5.73 Å².